The first-order valence-corrected chi connectivity index (χ1v) is 12.4. The normalized spacial score (nSPS) is 17.7. The number of rotatable bonds is 7. The van der Waals surface area contributed by atoms with Gasteiger partial charge in [0.25, 0.3) is 5.91 Å². The zero-order valence-electron chi connectivity index (χ0n) is 22.3. The topological polar surface area (TPSA) is 69.7 Å². The maximum absolute atomic E-state index is 14.4. The standard InChI is InChI=1S/C28H30FNO4.C2H6.Na/c1-20-8-6-12-24(19-34-25-15-13-22(26(29)18-25)14-16-27(31)32)21(2)30(17-7-9-20)28(33)23-10-4-3-5-11-23;1-2;/h3-6,8,10-13,15,18,21H,1,7,9,14,16-17,19H2,2H3,(H,31,32);1-2H3;/q;;+1/p-1/b8-6-,24-12-;;. The van der Waals surface area contributed by atoms with E-state index in [0.29, 0.717) is 23.4 Å². The van der Waals surface area contributed by atoms with Gasteiger partial charge < -0.3 is 19.5 Å². The number of allylic oxidation sites excluding steroid dienone is 4. The Labute approximate surface area is 242 Å². The first-order valence-electron chi connectivity index (χ1n) is 12.4. The minimum absolute atomic E-state index is 0. The molecule has 1 unspecified atom stereocenters. The molecule has 0 aliphatic carbocycles. The first-order chi connectivity index (χ1) is 17.3. The van der Waals surface area contributed by atoms with Gasteiger partial charge in [-0.25, -0.2) is 4.39 Å². The Balaban J connectivity index is 0.00000223. The maximum atomic E-state index is 14.4. The Morgan fingerprint density at radius 1 is 1.16 bits per heavy atom. The van der Waals surface area contributed by atoms with Gasteiger partial charge in [-0.2, -0.15) is 0 Å². The largest absolute Gasteiger partial charge is 1.00 e. The summed E-state index contributed by atoms with van der Waals surface area (Å²) < 4.78 is 20.3. The van der Waals surface area contributed by atoms with Crippen LogP contribution < -0.4 is 39.4 Å². The van der Waals surface area contributed by atoms with Gasteiger partial charge >= 0.3 is 29.6 Å². The summed E-state index contributed by atoms with van der Waals surface area (Å²) in [5, 5.41) is 10.6. The SMILES string of the molecule is C=C1/C=C\C=C(\COc2ccc(CCC(=O)[O-])c(F)c2)C(C)N(C(=O)c2ccccc2)CCC1.CC.[Na+]. The van der Waals surface area contributed by atoms with Crippen LogP contribution in [-0.2, 0) is 11.2 Å². The predicted octanol–water partition coefficient (Wildman–Crippen LogP) is 2.28. The number of carbonyl (C=O) groups is 2. The zero-order chi connectivity index (χ0) is 26.5. The summed E-state index contributed by atoms with van der Waals surface area (Å²) in [5.74, 6) is -1.47. The minimum Gasteiger partial charge on any atom is -0.550 e. The Morgan fingerprint density at radius 2 is 1.86 bits per heavy atom. The van der Waals surface area contributed by atoms with Gasteiger partial charge in [0.2, 0.25) is 0 Å². The first kappa shape index (κ1) is 32.4. The number of halogens is 1. The third kappa shape index (κ3) is 10.3. The predicted molar refractivity (Wildman–Crippen MR) is 139 cm³/mol. The van der Waals surface area contributed by atoms with Crippen LogP contribution in [0.1, 0.15) is 56.0 Å². The summed E-state index contributed by atoms with van der Waals surface area (Å²) in [5.41, 5.74) is 2.75. The molecule has 1 amide bonds. The molecular weight excluding hydrogens is 480 g/mol. The quantitative estimate of drug-likeness (QED) is 0.531. The molecule has 2 aromatic rings. The average molecular weight is 516 g/mol. The minimum atomic E-state index is -1.22. The van der Waals surface area contributed by atoms with Crippen molar-refractivity contribution in [3.05, 3.63) is 101 Å². The molecule has 1 aliphatic rings. The third-order valence-corrected chi connectivity index (χ3v) is 5.85. The van der Waals surface area contributed by atoms with E-state index in [2.05, 4.69) is 6.58 Å². The number of nitrogens with zero attached hydrogens (tertiary/aromatic N) is 1. The van der Waals surface area contributed by atoms with Crippen molar-refractivity contribution in [1.82, 2.24) is 4.90 Å². The van der Waals surface area contributed by atoms with Crippen molar-refractivity contribution in [3.63, 3.8) is 0 Å². The fraction of sp³-hybridized carbons (Fsp3) is 0.333. The Morgan fingerprint density at radius 3 is 2.51 bits per heavy atom. The van der Waals surface area contributed by atoms with Crippen molar-refractivity contribution >= 4 is 11.9 Å². The fourth-order valence-electron chi connectivity index (χ4n) is 3.82. The van der Waals surface area contributed by atoms with E-state index in [4.69, 9.17) is 4.74 Å². The van der Waals surface area contributed by atoms with Crippen LogP contribution in [0.4, 0.5) is 4.39 Å². The van der Waals surface area contributed by atoms with Crippen LogP contribution >= 0.6 is 0 Å². The van der Waals surface area contributed by atoms with Crippen LogP contribution in [0.3, 0.4) is 0 Å². The Hall–Kier alpha value is -2.67. The van der Waals surface area contributed by atoms with E-state index >= 15 is 0 Å². The molecule has 37 heavy (non-hydrogen) atoms. The van der Waals surface area contributed by atoms with E-state index in [1.165, 1.54) is 12.1 Å². The van der Waals surface area contributed by atoms with Gasteiger partial charge in [0.05, 0.1) is 6.04 Å². The summed E-state index contributed by atoms with van der Waals surface area (Å²) >= 11 is 0. The van der Waals surface area contributed by atoms with Gasteiger partial charge in [0.15, 0.2) is 0 Å². The second-order valence-corrected chi connectivity index (χ2v) is 8.32. The van der Waals surface area contributed by atoms with Gasteiger partial charge in [0.1, 0.15) is 18.2 Å². The number of aryl methyl sites for hydroxylation is 1. The Bertz CT molecular complexity index is 1100. The van der Waals surface area contributed by atoms with E-state index in [1.807, 2.05) is 62.1 Å². The molecule has 192 valence electrons. The van der Waals surface area contributed by atoms with Gasteiger partial charge in [0, 0.05) is 24.1 Å². The monoisotopic (exact) mass is 515 g/mol. The number of hydrogen-bond acceptors (Lipinski definition) is 4. The smallest absolute Gasteiger partial charge is 0.550 e. The van der Waals surface area contributed by atoms with E-state index in [9.17, 15) is 19.1 Å². The van der Waals surface area contributed by atoms with Gasteiger partial charge in [-0.3, -0.25) is 4.79 Å². The molecule has 0 radical (unpaired) electrons. The summed E-state index contributed by atoms with van der Waals surface area (Å²) in [6.07, 6.45) is 7.16. The van der Waals surface area contributed by atoms with E-state index < -0.39 is 11.8 Å². The molecule has 3 rings (SSSR count). The fourth-order valence-corrected chi connectivity index (χ4v) is 3.82. The van der Waals surface area contributed by atoms with Gasteiger partial charge in [-0.1, -0.05) is 68.5 Å². The van der Waals surface area contributed by atoms with Crippen LogP contribution in [0.25, 0.3) is 0 Å². The third-order valence-electron chi connectivity index (χ3n) is 5.85. The number of aliphatic carboxylic acids is 1. The molecule has 1 heterocycles. The van der Waals surface area contributed by atoms with E-state index in [0.717, 1.165) is 24.0 Å². The van der Waals surface area contributed by atoms with Crippen LogP contribution in [0.2, 0.25) is 0 Å². The molecule has 0 fully saturated rings. The van der Waals surface area contributed by atoms with Crippen molar-refractivity contribution in [3.8, 4) is 5.75 Å². The number of carboxylic acids is 1. The van der Waals surface area contributed by atoms with Crippen LogP contribution in [0.15, 0.2) is 84.5 Å². The van der Waals surface area contributed by atoms with E-state index in [-0.39, 0.29) is 61.0 Å². The summed E-state index contributed by atoms with van der Waals surface area (Å²) in [6.45, 7) is 10.8. The number of carboxylic acid groups (broad SMARTS) is 1. The second kappa shape index (κ2) is 17.0. The van der Waals surface area contributed by atoms with Crippen molar-refractivity contribution in [2.24, 2.45) is 0 Å². The molecule has 1 aliphatic heterocycles. The number of amides is 1. The molecule has 0 spiro atoms. The zero-order valence-corrected chi connectivity index (χ0v) is 24.3. The summed E-state index contributed by atoms with van der Waals surface area (Å²) in [7, 11) is 0. The summed E-state index contributed by atoms with van der Waals surface area (Å²) in [6, 6.07) is 13.3. The molecular formula is C30H35FNNaO4. The molecule has 1 atom stereocenters. The number of benzene rings is 2. The van der Waals surface area contributed by atoms with E-state index in [1.54, 1.807) is 18.2 Å². The number of carbonyl (C=O) groups excluding carboxylic acids is 2. The molecule has 0 N–H and O–H groups in total. The molecule has 5 nitrogen and oxygen atoms in total. The molecule has 0 saturated carbocycles. The molecule has 7 heteroatoms. The summed E-state index contributed by atoms with van der Waals surface area (Å²) in [4.78, 5) is 25.8. The van der Waals surface area contributed by atoms with Crippen molar-refractivity contribution in [1.29, 1.82) is 0 Å². The maximum Gasteiger partial charge on any atom is 1.00 e. The van der Waals surface area contributed by atoms with Gasteiger partial charge in [-0.05, 0) is 61.9 Å². The van der Waals surface area contributed by atoms with Crippen LogP contribution in [-0.4, -0.2) is 36.0 Å². The molecule has 0 saturated heterocycles. The molecule has 0 bridgehead atoms. The average Bonchev–Trinajstić information content (AvgIpc) is 2.88. The van der Waals surface area contributed by atoms with Crippen molar-refractivity contribution < 1.29 is 53.4 Å². The van der Waals surface area contributed by atoms with Crippen LogP contribution in [0.5, 0.6) is 5.75 Å². The van der Waals surface area contributed by atoms with Crippen LogP contribution in [0, 0.1) is 5.82 Å². The van der Waals surface area contributed by atoms with Crippen molar-refractivity contribution in [2.45, 2.75) is 52.5 Å². The van der Waals surface area contributed by atoms with Crippen molar-refractivity contribution in [2.75, 3.05) is 13.2 Å². The van der Waals surface area contributed by atoms with Gasteiger partial charge in [-0.15, -0.1) is 0 Å². The number of hydrogen-bond donors (Lipinski definition) is 0. The Kier molecular flexibility index (Phi) is 14.8. The molecule has 0 aromatic heterocycles. The number of ether oxygens (including phenoxy) is 1. The molecule has 2 aromatic carbocycles. The second-order valence-electron chi connectivity index (χ2n) is 8.32.